The van der Waals surface area contributed by atoms with Gasteiger partial charge in [-0.05, 0) is 42.5 Å². The molecule has 0 saturated heterocycles. The average molecular weight is 293 g/mol. The molecule has 2 N–H and O–H groups in total. The quantitative estimate of drug-likeness (QED) is 0.918. The molecule has 0 atom stereocenters. The fourth-order valence-corrected chi connectivity index (χ4v) is 2.75. The molecule has 3 rings (SSSR count). The zero-order valence-electron chi connectivity index (χ0n) is 12.5. The summed E-state index contributed by atoms with van der Waals surface area (Å²) in [7, 11) is 0. The Morgan fingerprint density at radius 2 is 2.14 bits per heavy atom. The van der Waals surface area contributed by atoms with Gasteiger partial charge in [0.25, 0.3) is 0 Å². The molecule has 1 heterocycles. The molecule has 112 valence electrons. The Morgan fingerprint density at radius 3 is 2.82 bits per heavy atom. The number of nitrogens with zero attached hydrogens (tertiary/aromatic N) is 2. The van der Waals surface area contributed by atoms with Crippen LogP contribution in [0.25, 0.3) is 11.3 Å². The van der Waals surface area contributed by atoms with Crippen LogP contribution in [0.15, 0.2) is 36.5 Å². The molecular formula is C18H19N3O. The number of aromatic nitrogens is 1. The fraction of sp³-hybridized carbons (Fsp3) is 0.333. The second-order valence-electron chi connectivity index (χ2n) is 5.56. The Morgan fingerprint density at radius 1 is 1.27 bits per heavy atom. The summed E-state index contributed by atoms with van der Waals surface area (Å²) in [6.07, 6.45) is 5.38. The summed E-state index contributed by atoms with van der Waals surface area (Å²) < 4.78 is 5.59. The van der Waals surface area contributed by atoms with E-state index < -0.39 is 0 Å². The Balaban J connectivity index is 1.98. The molecule has 1 aromatic heterocycles. The minimum absolute atomic E-state index is 0.488. The summed E-state index contributed by atoms with van der Waals surface area (Å²) >= 11 is 0. The molecule has 0 unspecified atom stereocenters. The van der Waals surface area contributed by atoms with Crippen LogP contribution in [0.3, 0.4) is 0 Å². The van der Waals surface area contributed by atoms with Crippen LogP contribution in [0.5, 0.6) is 5.75 Å². The van der Waals surface area contributed by atoms with Gasteiger partial charge < -0.3 is 10.5 Å². The average Bonchev–Trinajstić information content (AvgIpc) is 2.51. The maximum atomic E-state index is 9.14. The SMILES string of the molecule is N#Cc1ccc(-c2cc(OCCN)ccn2)c(C2CCC2)c1. The second-order valence-corrected chi connectivity index (χ2v) is 5.56. The smallest absolute Gasteiger partial charge is 0.123 e. The maximum absolute atomic E-state index is 9.14. The van der Waals surface area contributed by atoms with Crippen molar-refractivity contribution < 1.29 is 4.74 Å². The molecule has 1 aliphatic rings. The molecule has 2 aromatic rings. The standard InChI is InChI=1S/C18H19N3O/c19-7-9-22-15-6-8-21-18(11-15)16-5-4-13(12-20)10-17(16)14-2-1-3-14/h4-6,8,10-11,14H,1-3,7,9,19H2. The number of rotatable bonds is 5. The lowest BCUT2D eigenvalue weighted by molar-refractivity contribution is 0.328. The first-order valence-corrected chi connectivity index (χ1v) is 7.65. The van der Waals surface area contributed by atoms with Crippen LogP contribution >= 0.6 is 0 Å². The first-order chi connectivity index (χ1) is 10.8. The van der Waals surface area contributed by atoms with E-state index in [2.05, 4.69) is 11.1 Å². The summed E-state index contributed by atoms with van der Waals surface area (Å²) in [5.74, 6) is 1.32. The second kappa shape index (κ2) is 6.59. The van der Waals surface area contributed by atoms with Gasteiger partial charge >= 0.3 is 0 Å². The lowest BCUT2D eigenvalue weighted by atomic mass is 9.77. The topological polar surface area (TPSA) is 71.9 Å². The van der Waals surface area contributed by atoms with Gasteiger partial charge in [-0.3, -0.25) is 4.98 Å². The van der Waals surface area contributed by atoms with Gasteiger partial charge in [-0.2, -0.15) is 5.26 Å². The molecule has 1 saturated carbocycles. The third kappa shape index (κ3) is 2.95. The van der Waals surface area contributed by atoms with Crippen molar-refractivity contribution in [2.75, 3.05) is 13.2 Å². The van der Waals surface area contributed by atoms with Crippen LogP contribution in [0.2, 0.25) is 0 Å². The Bertz CT molecular complexity index is 702. The van der Waals surface area contributed by atoms with E-state index in [0.717, 1.165) is 17.0 Å². The number of nitriles is 1. The molecule has 0 bridgehead atoms. The van der Waals surface area contributed by atoms with E-state index in [1.165, 1.54) is 24.8 Å². The number of hydrogen-bond donors (Lipinski definition) is 1. The van der Waals surface area contributed by atoms with Gasteiger partial charge in [-0.15, -0.1) is 0 Å². The molecule has 0 amide bonds. The lowest BCUT2D eigenvalue weighted by Gasteiger charge is -2.28. The largest absolute Gasteiger partial charge is 0.492 e. The normalized spacial score (nSPS) is 14.2. The molecule has 1 fully saturated rings. The van der Waals surface area contributed by atoms with Gasteiger partial charge in [0.15, 0.2) is 0 Å². The van der Waals surface area contributed by atoms with Gasteiger partial charge in [0.2, 0.25) is 0 Å². The number of benzene rings is 1. The zero-order valence-corrected chi connectivity index (χ0v) is 12.5. The monoisotopic (exact) mass is 293 g/mol. The van der Waals surface area contributed by atoms with E-state index in [-0.39, 0.29) is 0 Å². The first-order valence-electron chi connectivity index (χ1n) is 7.65. The van der Waals surface area contributed by atoms with Gasteiger partial charge in [0.1, 0.15) is 12.4 Å². The number of hydrogen-bond acceptors (Lipinski definition) is 4. The van der Waals surface area contributed by atoms with Crippen molar-refractivity contribution in [1.29, 1.82) is 5.26 Å². The van der Waals surface area contributed by atoms with E-state index in [4.69, 9.17) is 15.7 Å². The summed E-state index contributed by atoms with van der Waals surface area (Å²) in [6, 6.07) is 11.9. The van der Waals surface area contributed by atoms with Crippen molar-refractivity contribution in [3.05, 3.63) is 47.7 Å². The van der Waals surface area contributed by atoms with Crippen LogP contribution in [-0.4, -0.2) is 18.1 Å². The summed E-state index contributed by atoms with van der Waals surface area (Å²) in [4.78, 5) is 4.48. The molecule has 0 spiro atoms. The highest BCUT2D eigenvalue weighted by Crippen LogP contribution is 2.41. The fourth-order valence-electron chi connectivity index (χ4n) is 2.75. The summed E-state index contributed by atoms with van der Waals surface area (Å²) in [6.45, 7) is 0.980. The number of ether oxygens (including phenoxy) is 1. The van der Waals surface area contributed by atoms with Gasteiger partial charge in [0, 0.05) is 24.4 Å². The highest BCUT2D eigenvalue weighted by Gasteiger charge is 2.23. The molecule has 4 heteroatoms. The van der Waals surface area contributed by atoms with Gasteiger partial charge in [-0.1, -0.05) is 12.5 Å². The van der Waals surface area contributed by atoms with E-state index in [9.17, 15) is 0 Å². The van der Waals surface area contributed by atoms with Gasteiger partial charge in [-0.25, -0.2) is 0 Å². The van der Waals surface area contributed by atoms with Crippen molar-refractivity contribution in [2.24, 2.45) is 5.73 Å². The van der Waals surface area contributed by atoms with Crippen LogP contribution in [-0.2, 0) is 0 Å². The van der Waals surface area contributed by atoms with Crippen LogP contribution in [0, 0.1) is 11.3 Å². The number of pyridine rings is 1. The molecule has 1 aliphatic carbocycles. The highest BCUT2D eigenvalue weighted by atomic mass is 16.5. The van der Waals surface area contributed by atoms with E-state index in [0.29, 0.717) is 24.6 Å². The molecule has 0 aliphatic heterocycles. The molecule has 22 heavy (non-hydrogen) atoms. The molecule has 4 nitrogen and oxygen atoms in total. The third-order valence-corrected chi connectivity index (χ3v) is 4.12. The van der Waals surface area contributed by atoms with Crippen molar-refractivity contribution in [2.45, 2.75) is 25.2 Å². The van der Waals surface area contributed by atoms with Crippen molar-refractivity contribution in [3.8, 4) is 23.1 Å². The maximum Gasteiger partial charge on any atom is 0.123 e. The summed E-state index contributed by atoms with van der Waals surface area (Å²) in [5.41, 5.74) is 9.40. The van der Waals surface area contributed by atoms with E-state index in [1.54, 1.807) is 6.20 Å². The van der Waals surface area contributed by atoms with Crippen molar-refractivity contribution >= 4 is 0 Å². The van der Waals surface area contributed by atoms with Crippen LogP contribution < -0.4 is 10.5 Å². The Labute approximate surface area is 130 Å². The van der Waals surface area contributed by atoms with Crippen LogP contribution in [0.1, 0.15) is 36.3 Å². The zero-order chi connectivity index (χ0) is 15.4. The highest BCUT2D eigenvalue weighted by molar-refractivity contribution is 5.67. The summed E-state index contributed by atoms with van der Waals surface area (Å²) in [5, 5.41) is 9.14. The Kier molecular flexibility index (Phi) is 4.36. The minimum Gasteiger partial charge on any atom is -0.492 e. The lowest BCUT2D eigenvalue weighted by Crippen LogP contribution is -2.11. The molecule has 1 aromatic carbocycles. The number of nitrogens with two attached hydrogens (primary N) is 1. The molecular weight excluding hydrogens is 274 g/mol. The molecule has 0 radical (unpaired) electrons. The predicted octanol–water partition coefficient (Wildman–Crippen LogP) is 3.23. The van der Waals surface area contributed by atoms with Crippen molar-refractivity contribution in [1.82, 2.24) is 4.98 Å². The van der Waals surface area contributed by atoms with E-state index in [1.807, 2.05) is 30.3 Å². The Hall–Kier alpha value is -2.38. The van der Waals surface area contributed by atoms with Crippen LogP contribution in [0.4, 0.5) is 0 Å². The third-order valence-electron chi connectivity index (χ3n) is 4.12. The predicted molar refractivity (Wildman–Crippen MR) is 85.5 cm³/mol. The van der Waals surface area contributed by atoms with Gasteiger partial charge in [0.05, 0.1) is 17.3 Å². The van der Waals surface area contributed by atoms with E-state index >= 15 is 0 Å². The van der Waals surface area contributed by atoms with Crippen molar-refractivity contribution in [3.63, 3.8) is 0 Å². The minimum atomic E-state index is 0.488. The first kappa shape index (κ1) is 14.6.